The van der Waals surface area contributed by atoms with Crippen LogP contribution in [0, 0.1) is 0 Å². The maximum absolute atomic E-state index is 13.1. The van der Waals surface area contributed by atoms with E-state index in [0.717, 1.165) is 31.2 Å². The molecule has 0 aliphatic carbocycles. The summed E-state index contributed by atoms with van der Waals surface area (Å²) in [6.45, 7) is 7.26. The van der Waals surface area contributed by atoms with Crippen molar-refractivity contribution >= 4 is 11.8 Å². The van der Waals surface area contributed by atoms with Crippen LogP contribution in [-0.2, 0) is 28.9 Å². The van der Waals surface area contributed by atoms with Crippen molar-refractivity contribution in [3.63, 3.8) is 0 Å². The summed E-state index contributed by atoms with van der Waals surface area (Å²) in [5.41, 5.74) is 3.62. The molecular weight excluding hydrogens is 372 g/mol. The molecule has 4 heteroatoms. The standard InChI is InChI=1S/C26H36N2O2/c1-4-6-19-27-26(30)21(3)28(20-18-23-10-8-7-9-11-23)25(29)17-16-24-14-12-22(5-2)13-15-24/h7-15,21H,4-6,16-20H2,1-3H3,(H,27,30). The Hall–Kier alpha value is -2.62. The van der Waals surface area contributed by atoms with Crippen molar-refractivity contribution in [3.8, 4) is 0 Å². The molecule has 0 aliphatic rings. The van der Waals surface area contributed by atoms with Crippen molar-refractivity contribution in [2.45, 2.75) is 65.3 Å². The Bertz CT molecular complexity index is 771. The summed E-state index contributed by atoms with van der Waals surface area (Å²) >= 11 is 0. The molecule has 0 saturated carbocycles. The third-order valence-corrected chi connectivity index (χ3v) is 5.54. The van der Waals surface area contributed by atoms with Gasteiger partial charge < -0.3 is 10.2 Å². The highest BCUT2D eigenvalue weighted by Crippen LogP contribution is 2.12. The Morgan fingerprint density at radius 2 is 1.53 bits per heavy atom. The van der Waals surface area contributed by atoms with Gasteiger partial charge in [-0.15, -0.1) is 0 Å². The molecule has 2 aromatic carbocycles. The highest BCUT2D eigenvalue weighted by molar-refractivity contribution is 5.87. The molecule has 2 aromatic rings. The van der Waals surface area contributed by atoms with Crippen molar-refractivity contribution in [2.24, 2.45) is 0 Å². The van der Waals surface area contributed by atoms with E-state index in [2.05, 4.69) is 55.6 Å². The van der Waals surface area contributed by atoms with E-state index in [1.807, 2.05) is 25.1 Å². The van der Waals surface area contributed by atoms with E-state index in [-0.39, 0.29) is 11.8 Å². The van der Waals surface area contributed by atoms with E-state index in [9.17, 15) is 9.59 Å². The summed E-state index contributed by atoms with van der Waals surface area (Å²) in [6, 6.07) is 18.1. The van der Waals surface area contributed by atoms with Gasteiger partial charge in [0.2, 0.25) is 11.8 Å². The molecule has 0 aromatic heterocycles. The number of benzene rings is 2. The lowest BCUT2D eigenvalue weighted by molar-refractivity contribution is -0.139. The minimum Gasteiger partial charge on any atom is -0.354 e. The van der Waals surface area contributed by atoms with Crippen LogP contribution in [0.3, 0.4) is 0 Å². The van der Waals surface area contributed by atoms with Gasteiger partial charge in [-0.1, -0.05) is 74.9 Å². The molecule has 0 aliphatic heterocycles. The third-order valence-electron chi connectivity index (χ3n) is 5.54. The molecule has 2 rings (SSSR count). The molecule has 1 N–H and O–H groups in total. The summed E-state index contributed by atoms with van der Waals surface area (Å²) in [7, 11) is 0. The Morgan fingerprint density at radius 1 is 0.900 bits per heavy atom. The molecule has 2 amide bonds. The minimum absolute atomic E-state index is 0.0311. The van der Waals surface area contributed by atoms with Gasteiger partial charge in [0.25, 0.3) is 0 Å². The topological polar surface area (TPSA) is 49.4 Å². The van der Waals surface area contributed by atoms with E-state index >= 15 is 0 Å². The number of carbonyl (C=O) groups excluding carboxylic acids is 2. The SMILES string of the molecule is CCCCNC(=O)C(C)N(CCc1ccccc1)C(=O)CCc1ccc(CC)cc1. The van der Waals surface area contributed by atoms with E-state index in [0.29, 0.717) is 25.9 Å². The summed E-state index contributed by atoms with van der Waals surface area (Å²) in [6.07, 6.45) is 4.83. The van der Waals surface area contributed by atoms with Gasteiger partial charge in [0.1, 0.15) is 6.04 Å². The van der Waals surface area contributed by atoms with Gasteiger partial charge in [-0.2, -0.15) is 0 Å². The average molecular weight is 409 g/mol. The first-order chi connectivity index (χ1) is 14.5. The molecule has 30 heavy (non-hydrogen) atoms. The third kappa shape index (κ3) is 7.66. The van der Waals surface area contributed by atoms with Crippen molar-refractivity contribution in [1.29, 1.82) is 0 Å². The fourth-order valence-electron chi connectivity index (χ4n) is 3.44. The second-order valence-electron chi connectivity index (χ2n) is 7.81. The summed E-state index contributed by atoms with van der Waals surface area (Å²) in [4.78, 5) is 27.4. The number of nitrogens with one attached hydrogen (secondary N) is 1. The number of unbranched alkanes of at least 4 members (excludes halogenated alkanes) is 1. The number of nitrogens with zero attached hydrogens (tertiary/aromatic N) is 1. The molecular formula is C26H36N2O2. The Labute approximate surface area is 181 Å². The van der Waals surface area contributed by atoms with Crippen molar-refractivity contribution in [2.75, 3.05) is 13.1 Å². The molecule has 0 fully saturated rings. The lowest BCUT2D eigenvalue weighted by Crippen LogP contribution is -2.49. The van der Waals surface area contributed by atoms with E-state index in [1.54, 1.807) is 4.90 Å². The van der Waals surface area contributed by atoms with Crippen molar-refractivity contribution < 1.29 is 9.59 Å². The summed E-state index contributed by atoms with van der Waals surface area (Å²) < 4.78 is 0. The average Bonchev–Trinajstić information content (AvgIpc) is 2.78. The van der Waals surface area contributed by atoms with E-state index < -0.39 is 6.04 Å². The molecule has 0 radical (unpaired) electrons. The number of rotatable bonds is 12. The zero-order valence-corrected chi connectivity index (χ0v) is 18.7. The zero-order chi connectivity index (χ0) is 21.8. The smallest absolute Gasteiger partial charge is 0.242 e. The maximum Gasteiger partial charge on any atom is 0.242 e. The largest absolute Gasteiger partial charge is 0.354 e. The molecule has 0 saturated heterocycles. The fourth-order valence-corrected chi connectivity index (χ4v) is 3.44. The predicted octanol–water partition coefficient (Wildman–Crippen LogP) is 4.56. The maximum atomic E-state index is 13.1. The molecule has 4 nitrogen and oxygen atoms in total. The van der Waals surface area contributed by atoms with Crippen LogP contribution >= 0.6 is 0 Å². The molecule has 0 bridgehead atoms. The number of aryl methyl sites for hydroxylation is 2. The van der Waals surface area contributed by atoms with Crippen LogP contribution in [-0.4, -0.2) is 35.8 Å². The van der Waals surface area contributed by atoms with Gasteiger partial charge >= 0.3 is 0 Å². The first-order valence-corrected chi connectivity index (χ1v) is 11.2. The predicted molar refractivity (Wildman–Crippen MR) is 123 cm³/mol. The van der Waals surface area contributed by atoms with Crippen LogP contribution in [0.25, 0.3) is 0 Å². The normalized spacial score (nSPS) is 11.7. The van der Waals surface area contributed by atoms with Gasteiger partial charge in [0.05, 0.1) is 0 Å². The van der Waals surface area contributed by atoms with Gasteiger partial charge in [0, 0.05) is 19.5 Å². The van der Waals surface area contributed by atoms with Crippen LogP contribution in [0.15, 0.2) is 54.6 Å². The molecule has 1 unspecified atom stereocenters. The number of hydrogen-bond acceptors (Lipinski definition) is 2. The highest BCUT2D eigenvalue weighted by atomic mass is 16.2. The van der Waals surface area contributed by atoms with Crippen molar-refractivity contribution in [3.05, 3.63) is 71.3 Å². The van der Waals surface area contributed by atoms with Gasteiger partial charge in [-0.25, -0.2) is 0 Å². The quantitative estimate of drug-likeness (QED) is 0.524. The van der Waals surface area contributed by atoms with Crippen LogP contribution in [0.4, 0.5) is 0 Å². The number of hydrogen-bond donors (Lipinski definition) is 1. The lowest BCUT2D eigenvalue weighted by atomic mass is 10.0. The second-order valence-corrected chi connectivity index (χ2v) is 7.81. The summed E-state index contributed by atoms with van der Waals surface area (Å²) in [5, 5.41) is 2.97. The molecule has 162 valence electrons. The van der Waals surface area contributed by atoms with Crippen molar-refractivity contribution in [1.82, 2.24) is 10.2 Å². The van der Waals surface area contributed by atoms with Gasteiger partial charge in [-0.3, -0.25) is 9.59 Å². The lowest BCUT2D eigenvalue weighted by Gasteiger charge is -2.29. The van der Waals surface area contributed by atoms with E-state index in [1.165, 1.54) is 11.1 Å². The summed E-state index contributed by atoms with van der Waals surface area (Å²) in [5.74, 6) is -0.0409. The Kier molecular flexibility index (Phi) is 10.1. The Morgan fingerprint density at radius 3 is 2.17 bits per heavy atom. The van der Waals surface area contributed by atoms with Crippen LogP contribution in [0.2, 0.25) is 0 Å². The molecule has 0 heterocycles. The van der Waals surface area contributed by atoms with Gasteiger partial charge in [0.15, 0.2) is 0 Å². The monoisotopic (exact) mass is 408 g/mol. The van der Waals surface area contributed by atoms with Gasteiger partial charge in [-0.05, 0) is 49.3 Å². The minimum atomic E-state index is -0.472. The van der Waals surface area contributed by atoms with E-state index in [4.69, 9.17) is 0 Å². The van der Waals surface area contributed by atoms with Crippen LogP contribution < -0.4 is 5.32 Å². The zero-order valence-electron chi connectivity index (χ0n) is 18.7. The van der Waals surface area contributed by atoms with Crippen LogP contribution in [0.5, 0.6) is 0 Å². The fraction of sp³-hybridized carbons (Fsp3) is 0.462. The molecule has 1 atom stereocenters. The number of amides is 2. The number of carbonyl (C=O) groups is 2. The molecule has 0 spiro atoms. The second kappa shape index (κ2) is 12.8. The first kappa shape index (κ1) is 23.7. The highest BCUT2D eigenvalue weighted by Gasteiger charge is 2.25. The first-order valence-electron chi connectivity index (χ1n) is 11.2. The van der Waals surface area contributed by atoms with Crippen LogP contribution in [0.1, 0.15) is 56.7 Å². The Balaban J connectivity index is 2.01.